The van der Waals surface area contributed by atoms with Crippen LogP contribution in [0.3, 0.4) is 0 Å². The lowest BCUT2D eigenvalue weighted by molar-refractivity contribution is -0.0494. The lowest BCUT2D eigenvalue weighted by atomic mass is 10.1. The van der Waals surface area contributed by atoms with E-state index in [2.05, 4.69) is 30.9 Å². The standard InChI is InChI=1S/C22H21F2N7O2S/c23-22(24)33-18-3-2-14(34-13-4-7-25-8-5-13)10-15(18)19-17(12-27-30-19)29-21(32)16-11-28-31-9-1-6-26-20(16)31/h1-3,6,9-13,22,25H,4-5,7-8H2,(H,27,30)(H,29,32). The first-order chi connectivity index (χ1) is 16.6. The molecule has 1 aromatic carbocycles. The van der Waals surface area contributed by atoms with Crippen LogP contribution in [0.15, 0.2) is 53.9 Å². The van der Waals surface area contributed by atoms with Gasteiger partial charge in [-0.1, -0.05) is 0 Å². The lowest BCUT2D eigenvalue weighted by Crippen LogP contribution is -2.29. The van der Waals surface area contributed by atoms with Crippen LogP contribution in [0.4, 0.5) is 14.5 Å². The van der Waals surface area contributed by atoms with E-state index in [1.165, 1.54) is 23.0 Å². The molecule has 0 unspecified atom stereocenters. The Morgan fingerprint density at radius 2 is 2.12 bits per heavy atom. The monoisotopic (exact) mass is 485 g/mol. The molecule has 3 aromatic heterocycles. The van der Waals surface area contributed by atoms with Gasteiger partial charge < -0.3 is 15.4 Å². The number of thioether (sulfide) groups is 1. The summed E-state index contributed by atoms with van der Waals surface area (Å²) < 4.78 is 32.5. The number of carbonyl (C=O) groups excluding carboxylic acids is 1. The van der Waals surface area contributed by atoms with E-state index in [-0.39, 0.29) is 11.3 Å². The van der Waals surface area contributed by atoms with Gasteiger partial charge in [-0.25, -0.2) is 9.50 Å². The summed E-state index contributed by atoms with van der Waals surface area (Å²) in [6.45, 7) is -1.09. The molecule has 4 aromatic rings. The molecular formula is C22H21F2N7O2S. The van der Waals surface area contributed by atoms with Crippen LogP contribution in [-0.2, 0) is 0 Å². The Bertz CT molecular complexity index is 1300. The Morgan fingerprint density at radius 3 is 2.94 bits per heavy atom. The Balaban J connectivity index is 1.45. The zero-order valence-electron chi connectivity index (χ0n) is 17.9. The van der Waals surface area contributed by atoms with Gasteiger partial charge in [-0.15, -0.1) is 11.8 Å². The minimum absolute atomic E-state index is 0.0120. The molecule has 176 valence electrons. The third-order valence-corrected chi connectivity index (χ3v) is 6.77. The summed E-state index contributed by atoms with van der Waals surface area (Å²) in [5.41, 5.74) is 1.73. The number of hydrogen-bond donors (Lipinski definition) is 3. The Morgan fingerprint density at radius 1 is 1.26 bits per heavy atom. The Labute approximate surface area is 197 Å². The van der Waals surface area contributed by atoms with Crippen molar-refractivity contribution in [3.63, 3.8) is 0 Å². The molecule has 1 aliphatic heterocycles. The predicted octanol–water partition coefficient (Wildman–Crippen LogP) is 3.82. The summed E-state index contributed by atoms with van der Waals surface area (Å²) in [4.78, 5) is 18.1. The largest absolute Gasteiger partial charge is 0.434 e. The van der Waals surface area contributed by atoms with E-state index >= 15 is 0 Å². The van der Waals surface area contributed by atoms with Crippen LogP contribution in [0.25, 0.3) is 16.9 Å². The SMILES string of the molecule is O=C(Nc1cn[nH]c1-c1cc(SC2CCNCC2)ccc1OC(F)F)c1cnn2cccnc12. The second-order valence-electron chi connectivity index (χ2n) is 7.66. The molecule has 0 bridgehead atoms. The normalized spacial score (nSPS) is 14.6. The summed E-state index contributed by atoms with van der Waals surface area (Å²) in [6.07, 6.45) is 8.13. The van der Waals surface area contributed by atoms with Gasteiger partial charge in [-0.2, -0.15) is 19.0 Å². The summed E-state index contributed by atoms with van der Waals surface area (Å²) in [7, 11) is 0. The number of ether oxygens (including phenoxy) is 1. The highest BCUT2D eigenvalue weighted by atomic mass is 32.2. The van der Waals surface area contributed by atoms with Crippen molar-refractivity contribution in [3.8, 4) is 17.0 Å². The Hall–Kier alpha value is -3.51. The number of nitrogens with one attached hydrogen (secondary N) is 3. The number of amides is 1. The van der Waals surface area contributed by atoms with E-state index < -0.39 is 12.5 Å². The third-order valence-electron chi connectivity index (χ3n) is 5.44. The number of alkyl halides is 2. The van der Waals surface area contributed by atoms with Crippen LogP contribution in [-0.4, -0.2) is 55.7 Å². The van der Waals surface area contributed by atoms with Crippen molar-refractivity contribution in [3.05, 3.63) is 54.6 Å². The number of carbonyl (C=O) groups is 1. The summed E-state index contributed by atoms with van der Waals surface area (Å²) in [5.74, 6) is -0.463. The fraction of sp³-hybridized carbons (Fsp3) is 0.273. The fourth-order valence-electron chi connectivity index (χ4n) is 3.85. The topological polar surface area (TPSA) is 109 Å². The van der Waals surface area contributed by atoms with Crippen LogP contribution in [0.5, 0.6) is 5.75 Å². The first-order valence-electron chi connectivity index (χ1n) is 10.7. The average Bonchev–Trinajstić information content (AvgIpc) is 3.47. The van der Waals surface area contributed by atoms with Crippen LogP contribution in [0.2, 0.25) is 0 Å². The molecule has 1 aliphatic rings. The number of piperidine rings is 1. The molecule has 0 saturated carbocycles. The van der Waals surface area contributed by atoms with Gasteiger partial charge in [-0.05, 0) is 50.2 Å². The van der Waals surface area contributed by atoms with E-state index in [9.17, 15) is 13.6 Å². The highest BCUT2D eigenvalue weighted by Gasteiger charge is 2.21. The number of nitrogens with zero attached hydrogens (tertiary/aromatic N) is 4. The van der Waals surface area contributed by atoms with Gasteiger partial charge in [0.05, 0.1) is 23.8 Å². The van der Waals surface area contributed by atoms with Crippen molar-refractivity contribution in [2.45, 2.75) is 29.6 Å². The van der Waals surface area contributed by atoms with Crippen molar-refractivity contribution < 1.29 is 18.3 Å². The summed E-state index contributed by atoms with van der Waals surface area (Å²) in [5, 5.41) is 17.5. The van der Waals surface area contributed by atoms with Gasteiger partial charge >= 0.3 is 6.61 Å². The van der Waals surface area contributed by atoms with Crippen LogP contribution in [0, 0.1) is 0 Å². The van der Waals surface area contributed by atoms with Gasteiger partial charge in [-0.3, -0.25) is 9.89 Å². The molecule has 4 heterocycles. The molecule has 1 fully saturated rings. The molecular weight excluding hydrogens is 464 g/mol. The zero-order valence-corrected chi connectivity index (χ0v) is 18.7. The first-order valence-corrected chi connectivity index (χ1v) is 11.6. The van der Waals surface area contributed by atoms with Crippen molar-refractivity contribution in [1.82, 2.24) is 30.1 Å². The number of benzene rings is 1. The highest BCUT2D eigenvalue weighted by molar-refractivity contribution is 8.00. The number of anilines is 1. The minimum atomic E-state index is -2.99. The van der Waals surface area contributed by atoms with Crippen LogP contribution >= 0.6 is 11.8 Å². The van der Waals surface area contributed by atoms with E-state index in [4.69, 9.17) is 4.74 Å². The van der Waals surface area contributed by atoms with Gasteiger partial charge in [0.25, 0.3) is 5.91 Å². The second-order valence-corrected chi connectivity index (χ2v) is 9.04. The Kier molecular flexibility index (Phi) is 6.41. The lowest BCUT2D eigenvalue weighted by Gasteiger charge is -2.22. The quantitative estimate of drug-likeness (QED) is 0.365. The van der Waals surface area contributed by atoms with Crippen LogP contribution in [0.1, 0.15) is 23.2 Å². The fourth-order valence-corrected chi connectivity index (χ4v) is 5.03. The van der Waals surface area contributed by atoms with Crippen molar-refractivity contribution in [2.24, 2.45) is 0 Å². The van der Waals surface area contributed by atoms with E-state index in [1.54, 1.807) is 42.4 Å². The number of fused-ring (bicyclic) bond motifs is 1. The summed E-state index contributed by atoms with van der Waals surface area (Å²) in [6, 6.07) is 6.78. The van der Waals surface area contributed by atoms with Crippen LogP contribution < -0.4 is 15.4 Å². The smallest absolute Gasteiger partial charge is 0.387 e. The molecule has 34 heavy (non-hydrogen) atoms. The molecule has 0 aliphatic carbocycles. The first kappa shape index (κ1) is 22.3. The number of aromatic nitrogens is 5. The van der Waals surface area contributed by atoms with E-state index in [0.29, 0.717) is 27.8 Å². The second kappa shape index (κ2) is 9.77. The maximum atomic E-state index is 13.1. The minimum Gasteiger partial charge on any atom is -0.434 e. The number of aromatic amines is 1. The molecule has 0 spiro atoms. The van der Waals surface area contributed by atoms with E-state index in [1.807, 2.05) is 0 Å². The number of hydrogen-bond acceptors (Lipinski definition) is 7. The van der Waals surface area contributed by atoms with Gasteiger partial charge in [0, 0.05) is 28.1 Å². The highest BCUT2D eigenvalue weighted by Crippen LogP contribution is 2.39. The molecule has 1 amide bonds. The molecule has 1 saturated heterocycles. The van der Waals surface area contributed by atoms with E-state index in [0.717, 1.165) is 30.8 Å². The molecule has 5 rings (SSSR count). The molecule has 0 radical (unpaired) electrons. The maximum Gasteiger partial charge on any atom is 0.387 e. The number of halogens is 2. The molecule has 3 N–H and O–H groups in total. The number of H-pyrrole nitrogens is 1. The molecule has 12 heteroatoms. The summed E-state index contributed by atoms with van der Waals surface area (Å²) >= 11 is 1.70. The third kappa shape index (κ3) is 4.73. The average molecular weight is 486 g/mol. The van der Waals surface area contributed by atoms with Crippen molar-refractivity contribution in [2.75, 3.05) is 18.4 Å². The predicted molar refractivity (Wildman–Crippen MR) is 123 cm³/mol. The zero-order chi connectivity index (χ0) is 23.5. The molecule has 9 nitrogen and oxygen atoms in total. The van der Waals surface area contributed by atoms with Gasteiger partial charge in [0.1, 0.15) is 11.3 Å². The maximum absolute atomic E-state index is 13.1. The number of rotatable bonds is 7. The van der Waals surface area contributed by atoms with Gasteiger partial charge in [0.15, 0.2) is 5.65 Å². The molecule has 0 atom stereocenters. The van der Waals surface area contributed by atoms with Crippen molar-refractivity contribution in [1.29, 1.82) is 0 Å². The van der Waals surface area contributed by atoms with Crippen molar-refractivity contribution >= 4 is 29.0 Å². The van der Waals surface area contributed by atoms with Gasteiger partial charge in [0.2, 0.25) is 0 Å².